The average molecular weight is 521 g/mol. The third-order valence-electron chi connectivity index (χ3n) is 4.42. The van der Waals surface area contributed by atoms with Crippen molar-refractivity contribution >= 4 is 29.9 Å². The molecule has 0 aliphatic carbocycles. The van der Waals surface area contributed by atoms with E-state index in [1.54, 1.807) is 0 Å². The molecule has 6 nitrogen and oxygen atoms in total. The number of aliphatic hydroxyl groups is 1. The lowest BCUT2D eigenvalue weighted by Gasteiger charge is -2.20. The summed E-state index contributed by atoms with van der Waals surface area (Å²) in [6.07, 6.45) is 1.91. The maximum atomic E-state index is 9.32. The SMILES string of the molecule is CCNC(=NCc1ccccc1OCCN(C)C)NCC(CCO)CC(C)C.I. The van der Waals surface area contributed by atoms with Crippen molar-refractivity contribution in [2.45, 2.75) is 40.2 Å². The van der Waals surface area contributed by atoms with Crippen LogP contribution in [-0.4, -0.2) is 62.9 Å². The Balaban J connectivity index is 0.00000784. The molecule has 0 aromatic heterocycles. The number of likely N-dealkylation sites (N-methyl/N-ethyl adjacent to an activating group) is 1. The molecule has 0 heterocycles. The second-order valence-corrected chi connectivity index (χ2v) is 7.84. The highest BCUT2D eigenvalue weighted by Gasteiger charge is 2.11. The van der Waals surface area contributed by atoms with E-state index in [1.807, 2.05) is 32.3 Å². The number of ether oxygens (including phenoxy) is 1. The minimum absolute atomic E-state index is 0. The molecule has 7 heteroatoms. The van der Waals surface area contributed by atoms with Crippen molar-refractivity contribution < 1.29 is 9.84 Å². The molecular formula is C22H41IN4O2. The van der Waals surface area contributed by atoms with Gasteiger partial charge in [0.05, 0.1) is 6.54 Å². The van der Waals surface area contributed by atoms with Gasteiger partial charge >= 0.3 is 0 Å². The molecule has 0 spiro atoms. The monoisotopic (exact) mass is 520 g/mol. The molecule has 1 aromatic carbocycles. The molecule has 1 atom stereocenters. The summed E-state index contributed by atoms with van der Waals surface area (Å²) in [5.74, 6) is 2.75. The van der Waals surface area contributed by atoms with Gasteiger partial charge in [-0.15, -0.1) is 24.0 Å². The van der Waals surface area contributed by atoms with Crippen molar-refractivity contribution in [3.8, 4) is 5.75 Å². The first-order chi connectivity index (χ1) is 13.5. The molecule has 0 amide bonds. The Morgan fingerprint density at radius 2 is 1.93 bits per heavy atom. The van der Waals surface area contributed by atoms with E-state index >= 15 is 0 Å². The van der Waals surface area contributed by atoms with Crippen molar-refractivity contribution in [1.29, 1.82) is 0 Å². The van der Waals surface area contributed by atoms with E-state index in [0.29, 0.717) is 25.0 Å². The number of benzene rings is 1. The normalized spacial score (nSPS) is 12.6. The third-order valence-corrected chi connectivity index (χ3v) is 4.42. The van der Waals surface area contributed by atoms with E-state index in [1.165, 1.54) is 0 Å². The number of aliphatic imine (C=N–C) groups is 1. The first kappa shape index (κ1) is 27.9. The first-order valence-corrected chi connectivity index (χ1v) is 10.4. The first-order valence-electron chi connectivity index (χ1n) is 10.4. The summed E-state index contributed by atoms with van der Waals surface area (Å²) in [4.78, 5) is 6.85. The highest BCUT2D eigenvalue weighted by atomic mass is 127. The molecule has 0 saturated heterocycles. The molecule has 0 fully saturated rings. The minimum Gasteiger partial charge on any atom is -0.492 e. The van der Waals surface area contributed by atoms with E-state index < -0.39 is 0 Å². The van der Waals surface area contributed by atoms with E-state index in [9.17, 15) is 5.11 Å². The quantitative estimate of drug-likeness (QED) is 0.212. The van der Waals surface area contributed by atoms with Gasteiger partial charge in [0.2, 0.25) is 0 Å². The second-order valence-electron chi connectivity index (χ2n) is 7.84. The van der Waals surface area contributed by atoms with Crippen LogP contribution in [0.25, 0.3) is 0 Å². The topological polar surface area (TPSA) is 69.1 Å². The summed E-state index contributed by atoms with van der Waals surface area (Å²) < 4.78 is 5.93. The van der Waals surface area contributed by atoms with Crippen LogP contribution >= 0.6 is 24.0 Å². The second kappa shape index (κ2) is 16.7. The highest BCUT2D eigenvalue weighted by molar-refractivity contribution is 14.0. The van der Waals surface area contributed by atoms with Crippen LogP contribution in [0, 0.1) is 11.8 Å². The predicted molar refractivity (Wildman–Crippen MR) is 133 cm³/mol. The van der Waals surface area contributed by atoms with Crippen LogP contribution in [-0.2, 0) is 6.54 Å². The molecule has 0 bridgehead atoms. The van der Waals surface area contributed by atoms with Crippen LogP contribution in [0.2, 0.25) is 0 Å². The van der Waals surface area contributed by atoms with Crippen LogP contribution in [0.1, 0.15) is 39.2 Å². The maximum Gasteiger partial charge on any atom is 0.191 e. The van der Waals surface area contributed by atoms with Gasteiger partial charge in [0.1, 0.15) is 12.4 Å². The number of rotatable bonds is 13. The van der Waals surface area contributed by atoms with Gasteiger partial charge < -0.3 is 25.4 Å². The molecule has 0 aliphatic rings. The van der Waals surface area contributed by atoms with E-state index in [0.717, 1.165) is 49.7 Å². The number of guanidine groups is 1. The predicted octanol–water partition coefficient (Wildman–Crippen LogP) is 3.34. The Hall–Kier alpha value is -1.06. The van der Waals surface area contributed by atoms with Gasteiger partial charge in [0.25, 0.3) is 0 Å². The summed E-state index contributed by atoms with van der Waals surface area (Å²) in [6.45, 7) is 10.4. The maximum absolute atomic E-state index is 9.32. The van der Waals surface area contributed by atoms with E-state index in [4.69, 9.17) is 9.73 Å². The van der Waals surface area contributed by atoms with Crippen LogP contribution in [0.15, 0.2) is 29.3 Å². The van der Waals surface area contributed by atoms with Gasteiger partial charge in [-0.3, -0.25) is 0 Å². The van der Waals surface area contributed by atoms with Gasteiger partial charge in [-0.1, -0.05) is 32.0 Å². The van der Waals surface area contributed by atoms with Crippen LogP contribution in [0.5, 0.6) is 5.75 Å². The molecule has 3 N–H and O–H groups in total. The van der Waals surface area contributed by atoms with Crippen molar-refractivity contribution in [3.63, 3.8) is 0 Å². The largest absolute Gasteiger partial charge is 0.492 e. The van der Waals surface area contributed by atoms with Crippen molar-refractivity contribution in [2.75, 3.05) is 46.9 Å². The summed E-state index contributed by atoms with van der Waals surface area (Å²) in [5, 5.41) is 16.1. The molecular weight excluding hydrogens is 479 g/mol. The lowest BCUT2D eigenvalue weighted by atomic mass is 9.94. The van der Waals surface area contributed by atoms with Crippen molar-refractivity contribution in [1.82, 2.24) is 15.5 Å². The Morgan fingerprint density at radius 1 is 1.21 bits per heavy atom. The lowest BCUT2D eigenvalue weighted by Crippen LogP contribution is -2.40. The number of hydrogen-bond acceptors (Lipinski definition) is 4. The number of halogens is 1. The zero-order valence-electron chi connectivity index (χ0n) is 18.8. The van der Waals surface area contributed by atoms with Gasteiger partial charge in [-0.05, 0) is 51.8 Å². The number of hydrogen-bond donors (Lipinski definition) is 3. The van der Waals surface area contributed by atoms with E-state index in [2.05, 4.69) is 42.4 Å². The number of nitrogens with zero attached hydrogens (tertiary/aromatic N) is 2. The van der Waals surface area contributed by atoms with Crippen molar-refractivity contribution in [3.05, 3.63) is 29.8 Å². The fourth-order valence-corrected chi connectivity index (χ4v) is 3.01. The smallest absolute Gasteiger partial charge is 0.191 e. The Kier molecular flexibility index (Phi) is 16.1. The lowest BCUT2D eigenvalue weighted by molar-refractivity contribution is 0.243. The molecule has 0 radical (unpaired) electrons. The van der Waals surface area contributed by atoms with Gasteiger partial charge in [0.15, 0.2) is 5.96 Å². The Bertz CT molecular complexity index is 567. The molecule has 1 aromatic rings. The van der Waals surface area contributed by atoms with Crippen LogP contribution in [0.4, 0.5) is 0 Å². The number of para-hydroxylation sites is 1. The molecule has 0 saturated carbocycles. The van der Waals surface area contributed by atoms with Gasteiger partial charge in [-0.25, -0.2) is 4.99 Å². The molecule has 29 heavy (non-hydrogen) atoms. The van der Waals surface area contributed by atoms with Crippen molar-refractivity contribution in [2.24, 2.45) is 16.8 Å². The fourth-order valence-electron chi connectivity index (χ4n) is 3.01. The Labute approximate surface area is 194 Å². The standard InChI is InChI=1S/C22H40N4O2.HI/c1-6-23-22(24-16-19(11-13-27)15-18(2)3)25-17-20-9-7-8-10-21(20)28-14-12-26(4)5;/h7-10,18-19,27H,6,11-17H2,1-5H3,(H2,23,24,25);1H. The summed E-state index contributed by atoms with van der Waals surface area (Å²) in [5.41, 5.74) is 1.08. The highest BCUT2D eigenvalue weighted by Crippen LogP contribution is 2.19. The molecule has 1 unspecified atom stereocenters. The third kappa shape index (κ3) is 13.0. The van der Waals surface area contributed by atoms with Gasteiger partial charge in [-0.2, -0.15) is 0 Å². The fraction of sp³-hybridized carbons (Fsp3) is 0.682. The number of nitrogens with one attached hydrogen (secondary N) is 2. The molecule has 168 valence electrons. The molecule has 0 aliphatic heterocycles. The summed E-state index contributed by atoms with van der Waals surface area (Å²) in [6, 6.07) is 8.07. The van der Waals surface area contributed by atoms with Gasteiger partial charge in [0, 0.05) is 31.8 Å². The van der Waals surface area contributed by atoms with Crippen LogP contribution in [0.3, 0.4) is 0 Å². The summed E-state index contributed by atoms with van der Waals surface area (Å²) in [7, 11) is 4.08. The minimum atomic E-state index is 0. The zero-order chi connectivity index (χ0) is 20.8. The average Bonchev–Trinajstić information content (AvgIpc) is 2.64. The zero-order valence-corrected chi connectivity index (χ0v) is 21.1. The Morgan fingerprint density at radius 3 is 2.55 bits per heavy atom. The molecule has 1 rings (SSSR count). The summed E-state index contributed by atoms with van der Waals surface area (Å²) >= 11 is 0. The van der Waals surface area contributed by atoms with E-state index in [-0.39, 0.29) is 30.6 Å². The van der Waals surface area contributed by atoms with Crippen LogP contribution < -0.4 is 15.4 Å². The number of aliphatic hydroxyl groups excluding tert-OH is 1.